The Morgan fingerprint density at radius 2 is 2.15 bits per heavy atom. The van der Waals surface area contributed by atoms with Crippen LogP contribution in [0.15, 0.2) is 17.0 Å². The van der Waals surface area contributed by atoms with Crippen LogP contribution < -0.4 is 5.73 Å². The van der Waals surface area contributed by atoms with Crippen LogP contribution in [0.2, 0.25) is 5.02 Å². The van der Waals surface area contributed by atoms with Gasteiger partial charge in [0.15, 0.2) is 0 Å². The van der Waals surface area contributed by atoms with Gasteiger partial charge in [-0.25, -0.2) is 8.42 Å². The highest BCUT2D eigenvalue weighted by Crippen LogP contribution is 2.29. The minimum atomic E-state index is -3.65. The zero-order valence-corrected chi connectivity index (χ0v) is 13.2. The summed E-state index contributed by atoms with van der Waals surface area (Å²) in [5, 5.41) is 0.203. The lowest BCUT2D eigenvalue weighted by molar-refractivity contribution is 0.0752. The predicted octanol–water partition coefficient (Wildman–Crippen LogP) is 2.03. The first-order valence-electron chi connectivity index (χ1n) is 6.49. The Hall–Kier alpha value is -0.820. The van der Waals surface area contributed by atoms with Crippen LogP contribution in [0.5, 0.6) is 0 Å². The fourth-order valence-corrected chi connectivity index (χ4v) is 4.33. The lowest BCUT2D eigenvalue weighted by atomic mass is 10.2. The molecule has 0 amide bonds. The summed E-state index contributed by atoms with van der Waals surface area (Å²) >= 11 is 6.09. The first kappa shape index (κ1) is 15.6. The summed E-state index contributed by atoms with van der Waals surface area (Å²) in [6.07, 6.45) is 0.538. The van der Waals surface area contributed by atoms with Crippen LogP contribution in [0.25, 0.3) is 0 Å². The molecular formula is C13H19ClN2O3S. The highest BCUT2D eigenvalue weighted by atomic mass is 35.5. The first-order chi connectivity index (χ1) is 9.32. The van der Waals surface area contributed by atoms with Crippen molar-refractivity contribution in [2.24, 2.45) is 0 Å². The van der Waals surface area contributed by atoms with Crippen molar-refractivity contribution in [2.75, 3.05) is 25.4 Å². The number of sulfonamides is 1. The Bertz CT molecular complexity index is 604. The van der Waals surface area contributed by atoms with Crippen molar-refractivity contribution < 1.29 is 13.2 Å². The number of rotatable bonds is 2. The predicted molar refractivity (Wildman–Crippen MR) is 79.4 cm³/mol. The molecule has 1 aromatic rings. The van der Waals surface area contributed by atoms with Gasteiger partial charge in [-0.1, -0.05) is 11.6 Å². The Kier molecular flexibility index (Phi) is 4.59. The molecule has 112 valence electrons. The van der Waals surface area contributed by atoms with Gasteiger partial charge >= 0.3 is 0 Å². The molecule has 0 bridgehead atoms. The van der Waals surface area contributed by atoms with Crippen LogP contribution >= 0.6 is 11.6 Å². The van der Waals surface area contributed by atoms with Crippen molar-refractivity contribution in [3.8, 4) is 0 Å². The number of hydrogen-bond donors (Lipinski definition) is 1. The molecule has 1 fully saturated rings. The summed E-state index contributed by atoms with van der Waals surface area (Å²) in [4.78, 5) is 0.0661. The summed E-state index contributed by atoms with van der Waals surface area (Å²) < 4.78 is 32.3. The van der Waals surface area contributed by atoms with Crippen LogP contribution in [-0.2, 0) is 14.8 Å². The third-order valence-electron chi connectivity index (χ3n) is 3.35. The minimum Gasteiger partial charge on any atom is -0.398 e. The van der Waals surface area contributed by atoms with Gasteiger partial charge in [0.1, 0.15) is 4.90 Å². The number of aryl methyl sites for hydroxylation is 1. The number of nitrogens with zero attached hydrogens (tertiary/aromatic N) is 1. The molecule has 5 nitrogen and oxygen atoms in total. The third-order valence-corrected chi connectivity index (χ3v) is 5.68. The molecule has 1 aliphatic rings. The van der Waals surface area contributed by atoms with Crippen LogP contribution in [0.4, 0.5) is 5.69 Å². The zero-order chi connectivity index (χ0) is 14.9. The van der Waals surface area contributed by atoms with Crippen LogP contribution in [0.3, 0.4) is 0 Å². The maximum Gasteiger partial charge on any atom is 0.244 e. The molecule has 7 heteroatoms. The number of nitrogen functional groups attached to an aromatic ring is 1. The first-order valence-corrected chi connectivity index (χ1v) is 8.31. The number of benzene rings is 1. The fourth-order valence-electron chi connectivity index (χ4n) is 2.18. The topological polar surface area (TPSA) is 72.6 Å². The summed E-state index contributed by atoms with van der Waals surface area (Å²) in [7, 11) is -3.65. The van der Waals surface area contributed by atoms with Crippen LogP contribution in [-0.4, -0.2) is 38.5 Å². The summed E-state index contributed by atoms with van der Waals surface area (Å²) in [5.41, 5.74) is 7.00. The van der Waals surface area contributed by atoms with Crippen molar-refractivity contribution >= 4 is 27.3 Å². The van der Waals surface area contributed by atoms with Crippen molar-refractivity contribution in [1.29, 1.82) is 0 Å². The minimum absolute atomic E-state index is 0.0661. The fraction of sp³-hybridized carbons (Fsp3) is 0.538. The normalized spacial score (nSPS) is 21.6. The van der Waals surface area contributed by atoms with Crippen molar-refractivity contribution in [3.63, 3.8) is 0 Å². The van der Waals surface area contributed by atoms with E-state index >= 15 is 0 Å². The number of hydrogen-bond acceptors (Lipinski definition) is 4. The van der Waals surface area contributed by atoms with E-state index in [1.807, 2.05) is 6.92 Å². The molecule has 2 N–H and O–H groups in total. The molecule has 2 rings (SSSR count). The molecular weight excluding hydrogens is 300 g/mol. The van der Waals surface area contributed by atoms with Gasteiger partial charge < -0.3 is 10.5 Å². The Morgan fingerprint density at radius 1 is 1.45 bits per heavy atom. The van der Waals surface area contributed by atoms with E-state index in [0.29, 0.717) is 31.8 Å². The zero-order valence-electron chi connectivity index (χ0n) is 11.6. The smallest absolute Gasteiger partial charge is 0.244 e. The Balaban J connectivity index is 2.41. The number of ether oxygens (including phenoxy) is 1. The van der Waals surface area contributed by atoms with Gasteiger partial charge in [0, 0.05) is 25.4 Å². The lowest BCUT2D eigenvalue weighted by Gasteiger charge is -2.22. The average molecular weight is 319 g/mol. The van der Waals surface area contributed by atoms with E-state index in [0.717, 1.165) is 5.56 Å². The Morgan fingerprint density at radius 3 is 2.85 bits per heavy atom. The van der Waals surface area contributed by atoms with Gasteiger partial charge in [-0.05, 0) is 38.0 Å². The molecule has 1 saturated heterocycles. The standard InChI is InChI=1S/C13H19ClN2O3S/c1-9-6-11(14)13(7-12(9)15)20(17,18)16-4-3-5-19-10(2)8-16/h6-7,10H,3-5,8,15H2,1-2H3. The monoisotopic (exact) mass is 318 g/mol. The molecule has 0 radical (unpaired) electrons. The molecule has 1 aromatic carbocycles. The molecule has 0 aliphatic carbocycles. The van der Waals surface area contributed by atoms with Gasteiger partial charge in [0.2, 0.25) is 10.0 Å². The number of anilines is 1. The van der Waals surface area contributed by atoms with Gasteiger partial charge in [-0.2, -0.15) is 4.31 Å². The van der Waals surface area contributed by atoms with Crippen molar-refractivity contribution in [3.05, 3.63) is 22.7 Å². The molecule has 1 atom stereocenters. The SMILES string of the molecule is Cc1cc(Cl)c(S(=O)(=O)N2CCCOC(C)C2)cc1N. The Labute approximate surface area is 124 Å². The van der Waals surface area contributed by atoms with E-state index in [1.54, 1.807) is 13.0 Å². The molecule has 20 heavy (non-hydrogen) atoms. The summed E-state index contributed by atoms with van der Waals surface area (Å²) in [6.45, 7) is 4.97. The second-order valence-electron chi connectivity index (χ2n) is 5.04. The molecule has 1 heterocycles. The molecule has 0 spiro atoms. The van der Waals surface area contributed by atoms with E-state index in [-0.39, 0.29) is 16.0 Å². The van der Waals surface area contributed by atoms with E-state index < -0.39 is 10.0 Å². The summed E-state index contributed by atoms with van der Waals surface area (Å²) in [6, 6.07) is 3.02. The van der Waals surface area contributed by atoms with E-state index in [4.69, 9.17) is 22.1 Å². The second kappa shape index (κ2) is 5.89. The maximum atomic E-state index is 12.7. The van der Waals surface area contributed by atoms with Gasteiger partial charge in [0.05, 0.1) is 11.1 Å². The van der Waals surface area contributed by atoms with Gasteiger partial charge in [0.25, 0.3) is 0 Å². The van der Waals surface area contributed by atoms with Gasteiger partial charge in [-0.3, -0.25) is 0 Å². The van der Waals surface area contributed by atoms with Crippen LogP contribution in [0, 0.1) is 6.92 Å². The highest BCUT2D eigenvalue weighted by Gasteiger charge is 2.30. The van der Waals surface area contributed by atoms with Crippen LogP contribution in [0.1, 0.15) is 18.9 Å². The number of halogens is 1. The molecule has 1 unspecified atom stereocenters. The van der Waals surface area contributed by atoms with Gasteiger partial charge in [-0.15, -0.1) is 0 Å². The lowest BCUT2D eigenvalue weighted by Crippen LogP contribution is -2.36. The molecule has 0 saturated carbocycles. The van der Waals surface area contributed by atoms with Crippen molar-refractivity contribution in [1.82, 2.24) is 4.31 Å². The number of nitrogens with two attached hydrogens (primary N) is 1. The molecule has 0 aromatic heterocycles. The maximum absolute atomic E-state index is 12.7. The van der Waals surface area contributed by atoms with E-state index in [1.165, 1.54) is 10.4 Å². The third kappa shape index (κ3) is 3.09. The quantitative estimate of drug-likeness (QED) is 0.847. The van der Waals surface area contributed by atoms with E-state index in [9.17, 15) is 8.42 Å². The van der Waals surface area contributed by atoms with E-state index in [2.05, 4.69) is 0 Å². The highest BCUT2D eigenvalue weighted by molar-refractivity contribution is 7.89. The van der Waals surface area contributed by atoms with Crippen molar-refractivity contribution in [2.45, 2.75) is 31.3 Å². The molecule has 1 aliphatic heterocycles. The largest absolute Gasteiger partial charge is 0.398 e. The second-order valence-corrected chi connectivity index (χ2v) is 7.35. The summed E-state index contributed by atoms with van der Waals surface area (Å²) in [5.74, 6) is 0. The average Bonchev–Trinajstić information content (AvgIpc) is 2.58.